The van der Waals surface area contributed by atoms with Crippen molar-refractivity contribution in [3.8, 4) is 5.75 Å². The van der Waals surface area contributed by atoms with E-state index in [1.165, 1.54) is 23.1 Å². The average Bonchev–Trinajstić information content (AvgIpc) is 2.61. The summed E-state index contributed by atoms with van der Waals surface area (Å²) < 4.78 is 5.92. The van der Waals surface area contributed by atoms with Gasteiger partial charge in [0.2, 0.25) is 0 Å². The van der Waals surface area contributed by atoms with Crippen molar-refractivity contribution in [2.75, 3.05) is 0 Å². The molecule has 1 amide bonds. The quantitative estimate of drug-likeness (QED) is 0.673. The number of hydrogen-bond acceptors (Lipinski definition) is 5. The number of carbonyl (C=O) groups is 2. The Labute approximate surface area is 83.5 Å². The molecule has 2 aromatic rings. The lowest BCUT2D eigenvalue weighted by Gasteiger charge is -1.97. The maximum Gasteiger partial charge on any atom is 0.298 e. The molecule has 0 aliphatic heterocycles. The molecule has 76 valence electrons. The largest absolute Gasteiger partial charge is 0.423 e. The molecule has 0 unspecified atom stereocenters. The number of fused-ring (bicyclic) bond motifs is 1. The van der Waals surface area contributed by atoms with Gasteiger partial charge in [0.25, 0.3) is 12.4 Å². The van der Waals surface area contributed by atoms with Crippen LogP contribution < -0.4 is 10.5 Å². The molecule has 0 fully saturated rings. The van der Waals surface area contributed by atoms with Gasteiger partial charge in [-0.1, -0.05) is 0 Å². The molecule has 2 aromatic heterocycles. The first-order valence-corrected chi connectivity index (χ1v) is 3.96. The molecule has 0 atom stereocenters. The minimum atomic E-state index is -0.599. The van der Waals surface area contributed by atoms with Gasteiger partial charge in [0, 0.05) is 12.4 Å². The molecule has 15 heavy (non-hydrogen) atoms. The van der Waals surface area contributed by atoms with E-state index in [0.29, 0.717) is 5.65 Å². The number of primary amides is 1. The van der Waals surface area contributed by atoms with Crippen molar-refractivity contribution in [3.05, 3.63) is 24.2 Å². The Morgan fingerprint density at radius 3 is 3.00 bits per heavy atom. The maximum absolute atomic E-state index is 10.8. The molecule has 2 heterocycles. The zero-order valence-corrected chi connectivity index (χ0v) is 7.45. The number of nitrogens with two attached hydrogens (primary N) is 1. The molecular weight excluding hydrogens is 200 g/mol. The summed E-state index contributed by atoms with van der Waals surface area (Å²) >= 11 is 0. The lowest BCUT2D eigenvalue weighted by atomic mass is 10.3. The summed E-state index contributed by atoms with van der Waals surface area (Å²) in [6.07, 6.45) is 4.01. The first-order chi connectivity index (χ1) is 7.22. The standard InChI is InChI=1S/C8H6N4O3/c9-7(14)5-1-10-8-6(15-4-13)2-11-12(8)3-5/h1-4H,(H2,9,14). The van der Waals surface area contributed by atoms with Crippen molar-refractivity contribution >= 4 is 18.0 Å². The second-order valence-electron chi connectivity index (χ2n) is 2.70. The first kappa shape index (κ1) is 9.13. The van der Waals surface area contributed by atoms with Crippen molar-refractivity contribution in [2.24, 2.45) is 5.73 Å². The number of rotatable bonds is 3. The summed E-state index contributed by atoms with van der Waals surface area (Å²) in [5.41, 5.74) is 5.63. The van der Waals surface area contributed by atoms with Crippen LogP contribution in [0.25, 0.3) is 5.65 Å². The molecule has 0 spiro atoms. The van der Waals surface area contributed by atoms with Crippen LogP contribution in [0.5, 0.6) is 5.75 Å². The van der Waals surface area contributed by atoms with E-state index in [-0.39, 0.29) is 17.8 Å². The lowest BCUT2D eigenvalue weighted by molar-refractivity contribution is -0.120. The second-order valence-corrected chi connectivity index (χ2v) is 2.70. The second kappa shape index (κ2) is 3.37. The van der Waals surface area contributed by atoms with E-state index in [1.54, 1.807) is 0 Å². The molecule has 7 nitrogen and oxygen atoms in total. The summed E-state index contributed by atoms with van der Waals surface area (Å²) in [5, 5.41) is 3.84. The SMILES string of the molecule is NC(=O)c1cnc2c(OC=O)cnn2c1. The maximum atomic E-state index is 10.8. The Morgan fingerprint density at radius 1 is 1.53 bits per heavy atom. The van der Waals surface area contributed by atoms with E-state index in [4.69, 9.17) is 5.73 Å². The number of nitrogens with zero attached hydrogens (tertiary/aromatic N) is 3. The Hall–Kier alpha value is -2.44. The van der Waals surface area contributed by atoms with Gasteiger partial charge in [-0.2, -0.15) is 5.10 Å². The van der Waals surface area contributed by atoms with Gasteiger partial charge in [0.05, 0.1) is 11.8 Å². The molecule has 0 aliphatic rings. The zero-order chi connectivity index (χ0) is 10.8. The minimum absolute atomic E-state index is 0.223. The lowest BCUT2D eigenvalue weighted by Crippen LogP contribution is -2.12. The van der Waals surface area contributed by atoms with Gasteiger partial charge in [-0.3, -0.25) is 9.59 Å². The highest BCUT2D eigenvalue weighted by Crippen LogP contribution is 2.15. The number of hydrogen-bond donors (Lipinski definition) is 1. The van der Waals surface area contributed by atoms with Crippen LogP contribution in [-0.4, -0.2) is 27.0 Å². The summed E-state index contributed by atoms with van der Waals surface area (Å²) in [6, 6.07) is 0. The number of ether oxygens (including phenoxy) is 1. The smallest absolute Gasteiger partial charge is 0.298 e. The van der Waals surface area contributed by atoms with Gasteiger partial charge in [-0.15, -0.1) is 0 Å². The molecule has 0 bridgehead atoms. The van der Waals surface area contributed by atoms with Crippen molar-refractivity contribution in [2.45, 2.75) is 0 Å². The Bertz CT molecular complexity index is 534. The van der Waals surface area contributed by atoms with Crippen LogP contribution in [0.15, 0.2) is 18.6 Å². The van der Waals surface area contributed by atoms with Gasteiger partial charge in [0.15, 0.2) is 11.4 Å². The number of aromatic nitrogens is 3. The third-order valence-corrected chi connectivity index (χ3v) is 1.78. The Morgan fingerprint density at radius 2 is 2.33 bits per heavy atom. The van der Waals surface area contributed by atoms with E-state index in [0.717, 1.165) is 0 Å². The first-order valence-electron chi connectivity index (χ1n) is 3.96. The van der Waals surface area contributed by atoms with Crippen molar-refractivity contribution in [3.63, 3.8) is 0 Å². The highest BCUT2D eigenvalue weighted by Gasteiger charge is 2.08. The van der Waals surface area contributed by atoms with Gasteiger partial charge >= 0.3 is 0 Å². The predicted molar refractivity (Wildman–Crippen MR) is 48.2 cm³/mol. The van der Waals surface area contributed by atoms with E-state index in [2.05, 4.69) is 14.8 Å². The molecule has 2 rings (SSSR count). The van der Waals surface area contributed by atoms with Gasteiger partial charge in [0.1, 0.15) is 0 Å². The highest BCUT2D eigenvalue weighted by atomic mass is 16.5. The van der Waals surface area contributed by atoms with E-state index in [9.17, 15) is 9.59 Å². The van der Waals surface area contributed by atoms with Crippen LogP contribution in [0, 0.1) is 0 Å². The Balaban J connectivity index is 2.56. The molecule has 0 saturated heterocycles. The van der Waals surface area contributed by atoms with Crippen molar-refractivity contribution < 1.29 is 14.3 Å². The van der Waals surface area contributed by atoms with Gasteiger partial charge in [-0.25, -0.2) is 9.50 Å². The molecular formula is C8H6N4O3. The van der Waals surface area contributed by atoms with E-state index >= 15 is 0 Å². The molecule has 7 heteroatoms. The van der Waals surface area contributed by atoms with Crippen molar-refractivity contribution in [1.82, 2.24) is 14.6 Å². The summed E-state index contributed by atoms with van der Waals surface area (Å²) in [6.45, 7) is 0.278. The number of carbonyl (C=O) groups excluding carboxylic acids is 2. The monoisotopic (exact) mass is 206 g/mol. The minimum Gasteiger partial charge on any atom is -0.423 e. The molecule has 0 aliphatic carbocycles. The van der Waals surface area contributed by atoms with Crippen molar-refractivity contribution in [1.29, 1.82) is 0 Å². The Kier molecular flexibility index (Phi) is 2.05. The van der Waals surface area contributed by atoms with Crippen LogP contribution in [0.3, 0.4) is 0 Å². The normalized spacial score (nSPS) is 10.1. The van der Waals surface area contributed by atoms with E-state index < -0.39 is 5.91 Å². The molecule has 0 aromatic carbocycles. The third-order valence-electron chi connectivity index (χ3n) is 1.78. The molecule has 2 N–H and O–H groups in total. The fourth-order valence-corrected chi connectivity index (χ4v) is 1.12. The predicted octanol–water partition coefficient (Wildman–Crippen LogP) is -0.637. The summed E-state index contributed by atoms with van der Waals surface area (Å²) in [5.74, 6) is -0.376. The molecule has 0 saturated carbocycles. The van der Waals surface area contributed by atoms with E-state index in [1.807, 2.05) is 0 Å². The topological polar surface area (TPSA) is 99.6 Å². The average molecular weight is 206 g/mol. The third kappa shape index (κ3) is 1.50. The summed E-state index contributed by atoms with van der Waals surface area (Å²) in [4.78, 5) is 24.9. The van der Waals surface area contributed by atoms with Gasteiger partial charge in [-0.05, 0) is 0 Å². The van der Waals surface area contributed by atoms with Gasteiger partial charge < -0.3 is 10.5 Å². The van der Waals surface area contributed by atoms with Crippen LogP contribution in [-0.2, 0) is 4.79 Å². The van der Waals surface area contributed by atoms with Crippen LogP contribution in [0.1, 0.15) is 10.4 Å². The molecule has 0 radical (unpaired) electrons. The van der Waals surface area contributed by atoms with Crippen LogP contribution in [0.4, 0.5) is 0 Å². The van der Waals surface area contributed by atoms with Crippen LogP contribution in [0.2, 0.25) is 0 Å². The fourth-order valence-electron chi connectivity index (χ4n) is 1.12. The summed E-state index contributed by atoms with van der Waals surface area (Å²) in [7, 11) is 0. The fraction of sp³-hybridized carbons (Fsp3) is 0. The highest BCUT2D eigenvalue weighted by molar-refractivity contribution is 5.92. The van der Waals surface area contributed by atoms with Crippen LogP contribution >= 0.6 is 0 Å². The zero-order valence-electron chi connectivity index (χ0n) is 7.45. The number of amides is 1.